The average molecular weight is 468 g/mol. The lowest BCUT2D eigenvalue weighted by Crippen LogP contribution is -2.45. The largest absolute Gasteiger partial charge is 0.324 e. The van der Waals surface area contributed by atoms with E-state index in [1.54, 1.807) is 68.9 Å². The Morgan fingerprint density at radius 3 is 2.21 bits per heavy atom. The summed E-state index contributed by atoms with van der Waals surface area (Å²) >= 11 is 5.90. The molecule has 33 heavy (non-hydrogen) atoms. The van der Waals surface area contributed by atoms with E-state index in [0.29, 0.717) is 35.1 Å². The van der Waals surface area contributed by atoms with Crippen LogP contribution in [-0.2, 0) is 11.8 Å². The van der Waals surface area contributed by atoms with Crippen molar-refractivity contribution in [1.29, 1.82) is 0 Å². The van der Waals surface area contributed by atoms with Crippen LogP contribution in [-0.4, -0.2) is 38.8 Å². The molecule has 0 bridgehead atoms. The smallest absolute Gasteiger partial charge is 0.322 e. The van der Waals surface area contributed by atoms with E-state index in [1.165, 1.54) is 0 Å². The van der Waals surface area contributed by atoms with E-state index in [-0.39, 0.29) is 23.4 Å². The lowest BCUT2D eigenvalue weighted by atomic mass is 10.1. The van der Waals surface area contributed by atoms with Crippen LogP contribution in [0.25, 0.3) is 5.69 Å². The maximum atomic E-state index is 13.0. The lowest BCUT2D eigenvalue weighted by Gasteiger charge is -2.24. The molecule has 3 aromatic rings. The summed E-state index contributed by atoms with van der Waals surface area (Å²) in [5.41, 5.74) is 2.65. The number of aryl methyl sites for hydroxylation is 1. The first kappa shape index (κ1) is 22.7. The summed E-state index contributed by atoms with van der Waals surface area (Å²) in [6.07, 6.45) is 0.579. The number of hydrogen-bond acceptors (Lipinski definition) is 3. The van der Waals surface area contributed by atoms with Crippen LogP contribution in [0.15, 0.2) is 59.4 Å². The van der Waals surface area contributed by atoms with Gasteiger partial charge in [-0.1, -0.05) is 18.5 Å². The van der Waals surface area contributed by atoms with Gasteiger partial charge in [-0.05, 0) is 67.8 Å². The third kappa shape index (κ3) is 4.80. The lowest BCUT2D eigenvalue weighted by molar-refractivity contribution is -0.119. The van der Waals surface area contributed by atoms with Gasteiger partial charge in [-0.3, -0.25) is 14.3 Å². The van der Waals surface area contributed by atoms with E-state index in [4.69, 9.17) is 11.6 Å². The van der Waals surface area contributed by atoms with Crippen LogP contribution in [0.5, 0.6) is 0 Å². The number of carbonyl (C=O) groups is 2. The van der Waals surface area contributed by atoms with Gasteiger partial charge in [0.1, 0.15) is 6.04 Å². The number of carbonyl (C=O) groups excluding carboxylic acids is 2. The standard InChI is InChI=1S/C24H26ClN5O3/c1-15-12-21(29(14-15)24(33)27-19-6-4-17(25)5-7-19)23(32)26-18-8-10-20(11-9-18)30-22(31)13-16(2)28(30)3/h4-11,13,15,21H,12,14H2,1-3H3,(H,26,32)(H,27,33). The summed E-state index contributed by atoms with van der Waals surface area (Å²) in [4.78, 5) is 39.6. The van der Waals surface area contributed by atoms with Gasteiger partial charge < -0.3 is 15.5 Å². The first-order valence-electron chi connectivity index (χ1n) is 10.7. The van der Waals surface area contributed by atoms with E-state index in [1.807, 2.05) is 20.9 Å². The topological polar surface area (TPSA) is 88.4 Å². The Bertz CT molecular complexity index is 1230. The molecule has 4 rings (SSSR count). The molecule has 0 aliphatic carbocycles. The monoisotopic (exact) mass is 467 g/mol. The van der Waals surface area contributed by atoms with E-state index in [2.05, 4.69) is 10.6 Å². The van der Waals surface area contributed by atoms with Crippen molar-refractivity contribution in [2.24, 2.45) is 13.0 Å². The summed E-state index contributed by atoms with van der Waals surface area (Å²) < 4.78 is 3.33. The molecule has 3 amide bonds. The molecule has 2 aromatic carbocycles. The van der Waals surface area contributed by atoms with E-state index in [0.717, 1.165) is 5.69 Å². The number of amides is 3. The third-order valence-corrected chi connectivity index (χ3v) is 6.15. The zero-order valence-corrected chi connectivity index (χ0v) is 19.5. The highest BCUT2D eigenvalue weighted by atomic mass is 35.5. The summed E-state index contributed by atoms with van der Waals surface area (Å²) in [5.74, 6) is -0.0446. The van der Waals surface area contributed by atoms with Gasteiger partial charge in [0.15, 0.2) is 0 Å². The van der Waals surface area contributed by atoms with Crippen molar-refractivity contribution in [1.82, 2.24) is 14.3 Å². The molecular formula is C24H26ClN5O3. The van der Waals surface area contributed by atoms with Gasteiger partial charge in [0.05, 0.1) is 5.69 Å². The molecule has 2 N–H and O–H groups in total. The summed E-state index contributed by atoms with van der Waals surface area (Å²) in [5, 5.41) is 6.32. The van der Waals surface area contributed by atoms with E-state index < -0.39 is 6.04 Å². The zero-order valence-electron chi connectivity index (χ0n) is 18.7. The molecular weight excluding hydrogens is 442 g/mol. The van der Waals surface area contributed by atoms with Crippen LogP contribution in [0.1, 0.15) is 19.0 Å². The zero-order chi connectivity index (χ0) is 23.7. The van der Waals surface area contributed by atoms with E-state index >= 15 is 0 Å². The van der Waals surface area contributed by atoms with Gasteiger partial charge in [-0.2, -0.15) is 0 Å². The fourth-order valence-electron chi connectivity index (χ4n) is 4.10. The number of aromatic nitrogens is 2. The first-order valence-corrected chi connectivity index (χ1v) is 11.1. The Kier molecular flexibility index (Phi) is 6.29. The second-order valence-electron chi connectivity index (χ2n) is 8.44. The highest BCUT2D eigenvalue weighted by molar-refractivity contribution is 6.30. The molecule has 9 heteroatoms. The molecule has 1 saturated heterocycles. The molecule has 2 atom stereocenters. The predicted molar refractivity (Wildman–Crippen MR) is 129 cm³/mol. The Morgan fingerprint density at radius 1 is 1.00 bits per heavy atom. The highest BCUT2D eigenvalue weighted by Crippen LogP contribution is 2.26. The molecule has 0 spiro atoms. The summed E-state index contributed by atoms with van der Waals surface area (Å²) in [7, 11) is 1.82. The number of likely N-dealkylation sites (tertiary alicyclic amines) is 1. The minimum atomic E-state index is -0.579. The van der Waals surface area contributed by atoms with E-state index in [9.17, 15) is 14.4 Å². The Balaban J connectivity index is 1.45. The molecule has 1 fully saturated rings. The van der Waals surface area contributed by atoms with Gasteiger partial charge in [-0.25, -0.2) is 9.48 Å². The number of benzene rings is 2. The van der Waals surface area contributed by atoms with Crippen molar-refractivity contribution in [2.75, 3.05) is 17.2 Å². The number of hydrogen-bond donors (Lipinski definition) is 2. The molecule has 2 heterocycles. The Hall–Kier alpha value is -3.52. The molecule has 2 unspecified atom stereocenters. The normalized spacial score (nSPS) is 17.8. The van der Waals surface area contributed by atoms with Crippen molar-refractivity contribution in [3.63, 3.8) is 0 Å². The molecule has 0 radical (unpaired) electrons. The van der Waals surface area contributed by atoms with Gasteiger partial charge in [0.25, 0.3) is 5.56 Å². The molecule has 1 aromatic heterocycles. The minimum Gasteiger partial charge on any atom is -0.324 e. The van der Waals surface area contributed by atoms with Crippen molar-refractivity contribution in [2.45, 2.75) is 26.3 Å². The number of rotatable bonds is 4. The first-order chi connectivity index (χ1) is 15.7. The van der Waals surface area contributed by atoms with Crippen LogP contribution in [0.4, 0.5) is 16.2 Å². The van der Waals surface area contributed by atoms with Gasteiger partial charge in [0.2, 0.25) is 5.91 Å². The third-order valence-electron chi connectivity index (χ3n) is 5.90. The fraction of sp³-hybridized carbons (Fsp3) is 0.292. The second kappa shape index (κ2) is 9.15. The molecule has 172 valence electrons. The predicted octanol–water partition coefficient (Wildman–Crippen LogP) is 4.02. The van der Waals surface area contributed by atoms with Crippen molar-refractivity contribution in [3.05, 3.63) is 75.7 Å². The van der Waals surface area contributed by atoms with Crippen LogP contribution < -0.4 is 16.2 Å². The Morgan fingerprint density at radius 2 is 1.61 bits per heavy atom. The maximum absolute atomic E-state index is 13.0. The number of nitrogens with one attached hydrogen (secondary N) is 2. The maximum Gasteiger partial charge on any atom is 0.322 e. The van der Waals surface area contributed by atoms with Crippen molar-refractivity contribution >= 4 is 34.9 Å². The molecule has 1 aliphatic rings. The van der Waals surface area contributed by atoms with Crippen LogP contribution in [0, 0.1) is 12.8 Å². The van der Waals surface area contributed by atoms with Gasteiger partial charge >= 0.3 is 6.03 Å². The average Bonchev–Trinajstić information content (AvgIpc) is 3.29. The van der Waals surface area contributed by atoms with Gasteiger partial charge in [-0.15, -0.1) is 0 Å². The second-order valence-corrected chi connectivity index (χ2v) is 8.88. The summed E-state index contributed by atoms with van der Waals surface area (Å²) in [6, 6.07) is 14.5. The summed E-state index contributed by atoms with van der Waals surface area (Å²) in [6.45, 7) is 4.38. The number of anilines is 2. The van der Waals surface area contributed by atoms with Crippen LogP contribution in [0.3, 0.4) is 0 Å². The van der Waals surface area contributed by atoms with Crippen LogP contribution in [0.2, 0.25) is 5.02 Å². The fourth-order valence-corrected chi connectivity index (χ4v) is 4.22. The van der Waals surface area contributed by atoms with Gasteiger partial charge in [0, 0.05) is 41.8 Å². The number of urea groups is 1. The minimum absolute atomic E-state index is 0.117. The Labute approximate surface area is 196 Å². The SMILES string of the molecule is Cc1cc(=O)n(-c2ccc(NC(=O)C3CC(C)CN3C(=O)Nc3ccc(Cl)cc3)cc2)n1C. The number of halogens is 1. The van der Waals surface area contributed by atoms with Crippen molar-refractivity contribution in [3.8, 4) is 5.69 Å². The number of nitrogens with zero attached hydrogens (tertiary/aromatic N) is 3. The molecule has 1 aliphatic heterocycles. The molecule has 8 nitrogen and oxygen atoms in total. The quantitative estimate of drug-likeness (QED) is 0.607. The highest BCUT2D eigenvalue weighted by Gasteiger charge is 2.38. The van der Waals surface area contributed by atoms with Crippen molar-refractivity contribution < 1.29 is 9.59 Å². The molecule has 0 saturated carbocycles. The van der Waals surface area contributed by atoms with Crippen LogP contribution >= 0.6 is 11.6 Å².